The molecule has 0 aliphatic carbocycles. The van der Waals surface area contributed by atoms with Crippen LogP contribution in [0.15, 0.2) is 24.4 Å². The van der Waals surface area contributed by atoms with E-state index in [4.69, 9.17) is 0 Å². The number of fused-ring (bicyclic) bond motifs is 1. The molecule has 18 heavy (non-hydrogen) atoms. The third-order valence-corrected chi connectivity index (χ3v) is 3.63. The van der Waals surface area contributed by atoms with Crippen molar-refractivity contribution >= 4 is 0 Å². The van der Waals surface area contributed by atoms with E-state index < -0.39 is 0 Å². The maximum atomic E-state index is 4.63. The molecule has 2 heterocycles. The zero-order valence-electron chi connectivity index (χ0n) is 11.9. The second kappa shape index (κ2) is 5.66. The lowest BCUT2D eigenvalue weighted by Crippen LogP contribution is -2.21. The molecular formula is C16H24N2. The second-order valence-electron chi connectivity index (χ2n) is 5.75. The van der Waals surface area contributed by atoms with Crippen molar-refractivity contribution in [3.63, 3.8) is 0 Å². The third kappa shape index (κ3) is 2.64. The molecule has 1 atom stereocenters. The van der Waals surface area contributed by atoms with Gasteiger partial charge in [0.15, 0.2) is 0 Å². The van der Waals surface area contributed by atoms with Gasteiger partial charge >= 0.3 is 0 Å². The van der Waals surface area contributed by atoms with Crippen molar-refractivity contribution in [3.05, 3.63) is 41.2 Å². The number of aromatic nitrogens is 1. The fraction of sp³-hybridized carbons (Fsp3) is 0.562. The van der Waals surface area contributed by atoms with E-state index in [1.54, 1.807) is 0 Å². The van der Waals surface area contributed by atoms with Crippen LogP contribution in [0.3, 0.4) is 0 Å². The highest BCUT2D eigenvalue weighted by molar-refractivity contribution is 5.38. The number of hydrogen-bond donors (Lipinski definition) is 1. The molecule has 1 aromatic heterocycles. The molecule has 0 saturated carbocycles. The molecule has 0 bridgehead atoms. The summed E-state index contributed by atoms with van der Waals surface area (Å²) in [5, 5.41) is 3.45. The average Bonchev–Trinajstić information content (AvgIpc) is 2.28. The SMILES string of the molecule is CC(C)c1nccc2c1C(C(C)C)/C=C\CNC2. The minimum absolute atomic E-state index is 0.481. The minimum atomic E-state index is 0.481. The topological polar surface area (TPSA) is 24.9 Å². The number of nitrogens with zero attached hydrogens (tertiary/aromatic N) is 1. The van der Waals surface area contributed by atoms with E-state index in [0.717, 1.165) is 13.1 Å². The van der Waals surface area contributed by atoms with Crippen LogP contribution in [0.25, 0.3) is 0 Å². The van der Waals surface area contributed by atoms with Crippen LogP contribution in [0, 0.1) is 5.92 Å². The maximum Gasteiger partial charge on any atom is 0.0470 e. The highest BCUT2D eigenvalue weighted by Crippen LogP contribution is 2.34. The quantitative estimate of drug-likeness (QED) is 0.804. The predicted octanol–water partition coefficient (Wildman–Crippen LogP) is 3.60. The van der Waals surface area contributed by atoms with Crippen molar-refractivity contribution in [1.82, 2.24) is 10.3 Å². The Morgan fingerprint density at radius 3 is 2.72 bits per heavy atom. The number of allylic oxidation sites excluding steroid dienone is 1. The summed E-state index contributed by atoms with van der Waals surface area (Å²) in [4.78, 5) is 4.63. The van der Waals surface area contributed by atoms with Crippen LogP contribution >= 0.6 is 0 Å². The minimum Gasteiger partial charge on any atom is -0.309 e. The first-order valence-electron chi connectivity index (χ1n) is 6.96. The van der Waals surface area contributed by atoms with Gasteiger partial charge in [-0.15, -0.1) is 0 Å². The van der Waals surface area contributed by atoms with E-state index in [-0.39, 0.29) is 0 Å². The van der Waals surface area contributed by atoms with Crippen LogP contribution < -0.4 is 5.32 Å². The molecule has 1 unspecified atom stereocenters. The largest absolute Gasteiger partial charge is 0.309 e. The number of hydrogen-bond acceptors (Lipinski definition) is 2. The van der Waals surface area contributed by atoms with Crippen LogP contribution in [0.5, 0.6) is 0 Å². The van der Waals surface area contributed by atoms with Crippen molar-refractivity contribution in [3.8, 4) is 0 Å². The first kappa shape index (κ1) is 13.3. The summed E-state index contributed by atoms with van der Waals surface area (Å²) in [5.74, 6) is 1.59. The van der Waals surface area contributed by atoms with Crippen LogP contribution in [0.2, 0.25) is 0 Å². The molecule has 2 rings (SSSR count). The molecule has 0 saturated heterocycles. The summed E-state index contributed by atoms with van der Waals surface area (Å²) in [7, 11) is 0. The molecular weight excluding hydrogens is 220 g/mol. The molecule has 98 valence electrons. The molecule has 0 aromatic carbocycles. The Balaban J connectivity index is 2.57. The van der Waals surface area contributed by atoms with Gasteiger partial charge in [-0.05, 0) is 29.0 Å². The first-order chi connectivity index (χ1) is 8.61. The molecule has 0 amide bonds. The number of rotatable bonds is 2. The zero-order valence-corrected chi connectivity index (χ0v) is 11.9. The monoisotopic (exact) mass is 244 g/mol. The molecule has 1 aromatic rings. The Morgan fingerprint density at radius 1 is 1.28 bits per heavy atom. The van der Waals surface area contributed by atoms with E-state index in [0.29, 0.717) is 17.8 Å². The van der Waals surface area contributed by atoms with Gasteiger partial charge in [0.25, 0.3) is 0 Å². The molecule has 1 aliphatic heterocycles. The van der Waals surface area contributed by atoms with Gasteiger partial charge in [0.2, 0.25) is 0 Å². The van der Waals surface area contributed by atoms with Gasteiger partial charge in [-0.25, -0.2) is 0 Å². The van der Waals surface area contributed by atoms with E-state index >= 15 is 0 Å². The van der Waals surface area contributed by atoms with Crippen LogP contribution in [0.4, 0.5) is 0 Å². The zero-order chi connectivity index (χ0) is 13.1. The van der Waals surface area contributed by atoms with Gasteiger partial charge in [0, 0.05) is 30.9 Å². The lowest BCUT2D eigenvalue weighted by Gasteiger charge is -2.26. The van der Waals surface area contributed by atoms with Gasteiger partial charge in [-0.1, -0.05) is 39.8 Å². The van der Waals surface area contributed by atoms with Crippen molar-refractivity contribution < 1.29 is 0 Å². The first-order valence-corrected chi connectivity index (χ1v) is 6.96. The Hall–Kier alpha value is -1.15. The van der Waals surface area contributed by atoms with Crippen molar-refractivity contribution in [2.45, 2.75) is 46.1 Å². The van der Waals surface area contributed by atoms with Crippen LogP contribution in [-0.2, 0) is 6.54 Å². The van der Waals surface area contributed by atoms with Gasteiger partial charge in [0.1, 0.15) is 0 Å². The molecule has 1 aliphatic rings. The molecule has 0 radical (unpaired) electrons. The van der Waals surface area contributed by atoms with Crippen molar-refractivity contribution in [2.24, 2.45) is 5.92 Å². The molecule has 0 spiro atoms. The van der Waals surface area contributed by atoms with Crippen LogP contribution in [0.1, 0.15) is 56.4 Å². The normalized spacial score (nSPS) is 21.6. The smallest absolute Gasteiger partial charge is 0.0470 e. The lowest BCUT2D eigenvalue weighted by atomic mass is 9.81. The number of nitrogens with one attached hydrogen (secondary N) is 1. The van der Waals surface area contributed by atoms with Gasteiger partial charge in [-0.3, -0.25) is 4.98 Å². The van der Waals surface area contributed by atoms with E-state index in [1.807, 2.05) is 6.20 Å². The van der Waals surface area contributed by atoms with Gasteiger partial charge in [0.05, 0.1) is 0 Å². The van der Waals surface area contributed by atoms with Crippen molar-refractivity contribution in [2.75, 3.05) is 6.54 Å². The van der Waals surface area contributed by atoms with Gasteiger partial charge in [-0.2, -0.15) is 0 Å². The number of pyridine rings is 1. The summed E-state index contributed by atoms with van der Waals surface area (Å²) in [6.45, 7) is 11.0. The second-order valence-corrected chi connectivity index (χ2v) is 5.75. The Morgan fingerprint density at radius 2 is 2.06 bits per heavy atom. The molecule has 1 N–H and O–H groups in total. The summed E-state index contributed by atoms with van der Waals surface area (Å²) in [6.07, 6.45) is 6.56. The average molecular weight is 244 g/mol. The summed E-state index contributed by atoms with van der Waals surface area (Å²) >= 11 is 0. The Kier molecular flexibility index (Phi) is 4.18. The Bertz CT molecular complexity index is 433. The summed E-state index contributed by atoms with van der Waals surface area (Å²) < 4.78 is 0. The van der Waals surface area contributed by atoms with E-state index in [1.165, 1.54) is 16.8 Å². The molecule has 2 heteroatoms. The van der Waals surface area contributed by atoms with E-state index in [2.05, 4.69) is 56.2 Å². The summed E-state index contributed by atoms with van der Waals surface area (Å²) in [6, 6.07) is 2.17. The highest BCUT2D eigenvalue weighted by Gasteiger charge is 2.22. The van der Waals surface area contributed by atoms with E-state index in [9.17, 15) is 0 Å². The lowest BCUT2D eigenvalue weighted by molar-refractivity contribution is 0.552. The molecule has 0 fully saturated rings. The maximum absolute atomic E-state index is 4.63. The fourth-order valence-corrected chi connectivity index (χ4v) is 2.69. The standard InChI is InChI=1S/C16H24N2/c1-11(2)14-6-5-8-17-10-13-7-9-18-16(12(3)4)15(13)14/h5-7,9,11-12,14,17H,8,10H2,1-4H3/b6-5-. The van der Waals surface area contributed by atoms with Crippen molar-refractivity contribution in [1.29, 1.82) is 0 Å². The fourth-order valence-electron chi connectivity index (χ4n) is 2.69. The van der Waals surface area contributed by atoms with Gasteiger partial charge < -0.3 is 5.32 Å². The highest BCUT2D eigenvalue weighted by atomic mass is 14.8. The third-order valence-electron chi connectivity index (χ3n) is 3.63. The summed E-state index contributed by atoms with van der Waals surface area (Å²) in [5.41, 5.74) is 4.13. The molecule has 2 nitrogen and oxygen atoms in total. The predicted molar refractivity (Wildman–Crippen MR) is 76.8 cm³/mol. The van der Waals surface area contributed by atoms with Crippen LogP contribution in [-0.4, -0.2) is 11.5 Å². The Labute approximate surface area is 111 Å².